The maximum absolute atomic E-state index is 14.2. The second-order valence-electron chi connectivity index (χ2n) is 8.96. The summed E-state index contributed by atoms with van der Waals surface area (Å²) in [5, 5.41) is 11.4. The third-order valence-corrected chi connectivity index (χ3v) is 7.97. The lowest BCUT2D eigenvalue weighted by Crippen LogP contribution is -2.25. The molecule has 1 unspecified atom stereocenters. The molecule has 3 aromatic rings. The van der Waals surface area contributed by atoms with E-state index in [1.807, 2.05) is 31.2 Å². The van der Waals surface area contributed by atoms with Crippen molar-refractivity contribution in [1.29, 1.82) is 0 Å². The van der Waals surface area contributed by atoms with Crippen LogP contribution in [0.5, 0.6) is 0 Å². The molecule has 1 aliphatic carbocycles. The van der Waals surface area contributed by atoms with Crippen LogP contribution in [0.3, 0.4) is 0 Å². The van der Waals surface area contributed by atoms with Crippen molar-refractivity contribution in [1.82, 2.24) is 0 Å². The highest BCUT2D eigenvalue weighted by atomic mass is 32.2. The summed E-state index contributed by atoms with van der Waals surface area (Å²) < 4.78 is 51.1. The van der Waals surface area contributed by atoms with E-state index >= 15 is 0 Å². The van der Waals surface area contributed by atoms with Crippen LogP contribution in [-0.2, 0) is 24.6 Å². The van der Waals surface area contributed by atoms with Crippen molar-refractivity contribution in [2.45, 2.75) is 48.9 Å². The first kappa shape index (κ1) is 22.2. The van der Waals surface area contributed by atoms with Crippen molar-refractivity contribution >= 4 is 10.1 Å². The van der Waals surface area contributed by atoms with Gasteiger partial charge in [0.25, 0.3) is 10.1 Å². The van der Waals surface area contributed by atoms with Gasteiger partial charge in [-0.3, -0.25) is 4.18 Å². The highest BCUT2D eigenvalue weighted by Gasteiger charge is 2.46. The van der Waals surface area contributed by atoms with Crippen LogP contribution in [0, 0.1) is 12.7 Å². The molecule has 172 valence electrons. The normalized spacial score (nSPS) is 26.2. The minimum Gasteiger partial charge on any atom is -0.381 e. The Morgan fingerprint density at radius 1 is 1.06 bits per heavy atom. The Balaban J connectivity index is 1.46. The maximum Gasteiger partial charge on any atom is 0.297 e. The molecule has 1 saturated heterocycles. The summed E-state index contributed by atoms with van der Waals surface area (Å²) in [7, 11) is -3.93. The van der Waals surface area contributed by atoms with Gasteiger partial charge < -0.3 is 9.84 Å². The lowest BCUT2D eigenvalue weighted by molar-refractivity contribution is 0.0142. The zero-order valence-electron chi connectivity index (χ0n) is 18.4. The van der Waals surface area contributed by atoms with Crippen molar-refractivity contribution in [3.05, 3.63) is 100 Å². The number of rotatable bonds is 4. The van der Waals surface area contributed by atoms with Gasteiger partial charge in [0.2, 0.25) is 0 Å². The summed E-state index contributed by atoms with van der Waals surface area (Å²) in [6.45, 7) is 3.44. The van der Waals surface area contributed by atoms with Crippen LogP contribution in [0.25, 0.3) is 0 Å². The fraction of sp³-hybridized carbons (Fsp3) is 0.308. The van der Waals surface area contributed by atoms with E-state index < -0.39 is 33.7 Å². The number of ether oxygens (including phenoxy) is 1. The summed E-state index contributed by atoms with van der Waals surface area (Å²) in [5.74, 6) is -0.592. The van der Waals surface area contributed by atoms with Crippen LogP contribution in [0.1, 0.15) is 53.2 Å². The van der Waals surface area contributed by atoms with Gasteiger partial charge >= 0.3 is 0 Å². The molecular weight excluding hydrogens is 443 g/mol. The van der Waals surface area contributed by atoms with Gasteiger partial charge in [-0.15, -0.1) is 0 Å². The van der Waals surface area contributed by atoms with E-state index in [0.717, 1.165) is 16.7 Å². The van der Waals surface area contributed by atoms with Crippen molar-refractivity contribution in [2.24, 2.45) is 0 Å². The Labute approximate surface area is 192 Å². The smallest absolute Gasteiger partial charge is 0.297 e. The van der Waals surface area contributed by atoms with Gasteiger partial charge in [0.1, 0.15) is 11.4 Å². The fourth-order valence-corrected chi connectivity index (χ4v) is 5.95. The van der Waals surface area contributed by atoms with Gasteiger partial charge in [-0.25, -0.2) is 4.39 Å². The molecule has 0 saturated carbocycles. The number of aliphatic hydroxyl groups is 1. The topological polar surface area (TPSA) is 72.8 Å². The average molecular weight is 469 g/mol. The largest absolute Gasteiger partial charge is 0.381 e. The number of benzene rings is 3. The molecule has 1 heterocycles. The third kappa shape index (κ3) is 3.89. The van der Waals surface area contributed by atoms with Crippen LogP contribution >= 0.6 is 0 Å². The van der Waals surface area contributed by atoms with Gasteiger partial charge in [0, 0.05) is 5.92 Å². The number of halogens is 1. The van der Waals surface area contributed by atoms with E-state index in [9.17, 15) is 17.9 Å². The Morgan fingerprint density at radius 2 is 1.76 bits per heavy atom. The molecular formula is C26H25FO5S. The summed E-state index contributed by atoms with van der Waals surface area (Å²) >= 11 is 0. The Kier molecular flexibility index (Phi) is 5.40. The molecule has 2 aliphatic rings. The van der Waals surface area contributed by atoms with Crippen molar-refractivity contribution in [3.8, 4) is 0 Å². The van der Waals surface area contributed by atoms with Crippen molar-refractivity contribution < 1.29 is 26.8 Å². The van der Waals surface area contributed by atoms with E-state index in [2.05, 4.69) is 0 Å². The predicted molar refractivity (Wildman–Crippen MR) is 121 cm³/mol. The van der Waals surface area contributed by atoms with Gasteiger partial charge in [-0.2, -0.15) is 8.42 Å². The van der Waals surface area contributed by atoms with Gasteiger partial charge in [0.15, 0.2) is 0 Å². The molecule has 1 fully saturated rings. The third-order valence-electron chi connectivity index (χ3n) is 6.67. The quantitative estimate of drug-likeness (QED) is 0.561. The van der Waals surface area contributed by atoms with Crippen LogP contribution in [0.2, 0.25) is 0 Å². The molecule has 0 bridgehead atoms. The molecule has 4 atom stereocenters. The van der Waals surface area contributed by atoms with Crippen LogP contribution in [0.15, 0.2) is 71.6 Å². The van der Waals surface area contributed by atoms with E-state index in [1.165, 1.54) is 24.3 Å². The average Bonchev–Trinajstić information content (AvgIpc) is 3.19. The molecule has 33 heavy (non-hydrogen) atoms. The Morgan fingerprint density at radius 3 is 2.52 bits per heavy atom. The first-order valence-electron chi connectivity index (χ1n) is 10.9. The monoisotopic (exact) mass is 468 g/mol. The van der Waals surface area contributed by atoms with E-state index in [-0.39, 0.29) is 17.4 Å². The van der Waals surface area contributed by atoms with Gasteiger partial charge in [-0.1, -0.05) is 48.0 Å². The number of fused-ring (bicyclic) bond motifs is 5. The first-order chi connectivity index (χ1) is 15.7. The summed E-state index contributed by atoms with van der Waals surface area (Å²) in [4.78, 5) is 0.0918. The van der Waals surface area contributed by atoms with Gasteiger partial charge in [-0.05, 0) is 66.8 Å². The second-order valence-corrected chi connectivity index (χ2v) is 10.6. The highest BCUT2D eigenvalue weighted by molar-refractivity contribution is 7.86. The summed E-state index contributed by atoms with van der Waals surface area (Å²) in [5.41, 5.74) is 2.45. The van der Waals surface area contributed by atoms with Crippen LogP contribution < -0.4 is 0 Å². The molecule has 1 aliphatic heterocycles. The predicted octanol–water partition coefficient (Wildman–Crippen LogP) is 4.72. The molecule has 0 amide bonds. The number of aryl methyl sites for hydroxylation is 1. The maximum atomic E-state index is 14.2. The lowest BCUT2D eigenvalue weighted by Gasteiger charge is -2.27. The second kappa shape index (κ2) is 8.02. The van der Waals surface area contributed by atoms with E-state index in [0.29, 0.717) is 17.5 Å². The standard InChI is InChI=1S/C26H25FO5S/c1-16-7-10-19(11-8-16)33(29,30)31-15-18-14-21-20-5-3-4-6-23(20)26(2,28)24-12-9-17(27)13-22(24)25(21)32-18/h3-13,18,21,25,28H,14-15H2,1-2H3/t18-,21-,25+,26?/m1/s1. The molecule has 3 aromatic carbocycles. The van der Waals surface area contributed by atoms with Crippen molar-refractivity contribution in [3.63, 3.8) is 0 Å². The summed E-state index contributed by atoms with van der Waals surface area (Å²) in [6.07, 6.45) is -0.550. The Hall–Kier alpha value is -2.58. The Bertz CT molecular complexity index is 1300. The van der Waals surface area contributed by atoms with Gasteiger partial charge in [0.05, 0.1) is 23.7 Å². The number of hydrogen-bond acceptors (Lipinski definition) is 5. The van der Waals surface area contributed by atoms with Crippen molar-refractivity contribution in [2.75, 3.05) is 6.61 Å². The van der Waals surface area contributed by atoms with Crippen LogP contribution in [0.4, 0.5) is 4.39 Å². The molecule has 5 rings (SSSR count). The number of hydrogen-bond donors (Lipinski definition) is 1. The molecule has 1 N–H and O–H groups in total. The SMILES string of the molecule is Cc1ccc(S(=O)(=O)OC[C@H]2C[C@@H]3c4ccccc4C(C)(O)c4ccc(F)cc4[C@H]3O2)cc1. The zero-order valence-corrected chi connectivity index (χ0v) is 19.2. The molecule has 0 radical (unpaired) electrons. The van der Waals surface area contributed by atoms with E-state index in [1.54, 1.807) is 25.1 Å². The van der Waals surface area contributed by atoms with E-state index in [4.69, 9.17) is 8.92 Å². The molecule has 0 spiro atoms. The summed E-state index contributed by atoms with van der Waals surface area (Å²) in [6, 6.07) is 18.4. The first-order valence-corrected chi connectivity index (χ1v) is 12.3. The lowest BCUT2D eigenvalue weighted by atomic mass is 9.83. The zero-order chi connectivity index (χ0) is 23.4. The molecule has 0 aromatic heterocycles. The molecule has 5 nitrogen and oxygen atoms in total. The minimum absolute atomic E-state index is 0.0918. The fourth-order valence-electron chi connectivity index (χ4n) is 5.01. The van der Waals surface area contributed by atoms with Crippen LogP contribution in [-0.4, -0.2) is 26.2 Å². The minimum atomic E-state index is -3.93. The highest BCUT2D eigenvalue weighted by Crippen LogP contribution is 2.53. The molecule has 7 heteroatoms.